The van der Waals surface area contributed by atoms with E-state index >= 15 is 0 Å². The van der Waals surface area contributed by atoms with E-state index in [1.165, 1.54) is 11.0 Å². The Labute approximate surface area is 130 Å². The minimum atomic E-state index is -3.87. The van der Waals surface area contributed by atoms with Gasteiger partial charge in [-0.15, -0.1) is 0 Å². The molecule has 2 rings (SSSR count). The summed E-state index contributed by atoms with van der Waals surface area (Å²) in [7, 11) is -2.23. The lowest BCUT2D eigenvalue weighted by Gasteiger charge is -2.18. The number of carbonyl (C=O) groups is 1. The normalized spacial score (nSPS) is 11.3. The molecule has 0 aromatic heterocycles. The number of nitrogens with two attached hydrogens (primary N) is 1. The van der Waals surface area contributed by atoms with Crippen LogP contribution in [0.25, 0.3) is 0 Å². The lowest BCUT2D eigenvalue weighted by molar-refractivity contribution is 0.0992. The molecule has 0 saturated carbocycles. The van der Waals surface area contributed by atoms with Crippen molar-refractivity contribution in [2.45, 2.75) is 18.7 Å². The van der Waals surface area contributed by atoms with E-state index in [-0.39, 0.29) is 10.8 Å². The van der Waals surface area contributed by atoms with E-state index in [1.54, 1.807) is 39.1 Å². The van der Waals surface area contributed by atoms with Crippen molar-refractivity contribution in [2.24, 2.45) is 5.14 Å². The maximum atomic E-state index is 12.6. The Morgan fingerprint density at radius 2 is 1.68 bits per heavy atom. The highest BCUT2D eigenvalue weighted by Gasteiger charge is 2.20. The van der Waals surface area contributed by atoms with Gasteiger partial charge in [0, 0.05) is 18.3 Å². The Balaban J connectivity index is 2.49. The van der Waals surface area contributed by atoms with Crippen LogP contribution in [0.3, 0.4) is 0 Å². The average Bonchev–Trinajstić information content (AvgIpc) is 2.48. The molecule has 0 aliphatic heterocycles. The molecule has 2 aromatic rings. The molecule has 0 radical (unpaired) electrons. The first-order valence-corrected chi connectivity index (χ1v) is 8.23. The first-order valence-electron chi connectivity index (χ1n) is 6.69. The third kappa shape index (κ3) is 3.18. The van der Waals surface area contributed by atoms with Crippen LogP contribution in [-0.2, 0) is 10.0 Å². The second-order valence-corrected chi connectivity index (χ2v) is 6.69. The molecule has 0 spiro atoms. The fourth-order valence-electron chi connectivity index (χ4n) is 2.21. The van der Waals surface area contributed by atoms with Crippen molar-refractivity contribution in [1.82, 2.24) is 0 Å². The van der Waals surface area contributed by atoms with Crippen LogP contribution in [0.15, 0.2) is 47.4 Å². The van der Waals surface area contributed by atoms with E-state index < -0.39 is 10.0 Å². The number of anilines is 1. The van der Waals surface area contributed by atoms with Crippen LogP contribution in [0.4, 0.5) is 5.69 Å². The molecule has 0 bridgehead atoms. The van der Waals surface area contributed by atoms with Gasteiger partial charge in [0.25, 0.3) is 5.91 Å². The number of rotatable bonds is 3. The Hall–Kier alpha value is -2.18. The topological polar surface area (TPSA) is 80.5 Å². The number of hydrogen-bond donors (Lipinski definition) is 1. The highest BCUT2D eigenvalue weighted by Crippen LogP contribution is 2.22. The molecule has 0 unspecified atom stereocenters. The Morgan fingerprint density at radius 3 is 2.23 bits per heavy atom. The summed E-state index contributed by atoms with van der Waals surface area (Å²) in [6.07, 6.45) is 0. The van der Waals surface area contributed by atoms with Crippen LogP contribution >= 0.6 is 0 Å². The Kier molecular flexibility index (Phi) is 4.35. The lowest BCUT2D eigenvalue weighted by Crippen LogP contribution is -2.27. The highest BCUT2D eigenvalue weighted by atomic mass is 32.2. The minimum Gasteiger partial charge on any atom is -0.311 e. The van der Waals surface area contributed by atoms with Gasteiger partial charge in [0.15, 0.2) is 0 Å². The highest BCUT2D eigenvalue weighted by molar-refractivity contribution is 7.89. The Morgan fingerprint density at radius 1 is 1.09 bits per heavy atom. The van der Waals surface area contributed by atoms with Crippen LogP contribution in [0.5, 0.6) is 0 Å². The molecule has 0 aliphatic rings. The fraction of sp³-hybridized carbons (Fsp3) is 0.188. The molecule has 0 heterocycles. The van der Waals surface area contributed by atoms with E-state index in [2.05, 4.69) is 0 Å². The van der Waals surface area contributed by atoms with Crippen LogP contribution in [0.1, 0.15) is 21.5 Å². The summed E-state index contributed by atoms with van der Waals surface area (Å²) < 4.78 is 23.3. The number of carbonyl (C=O) groups excluding carboxylic acids is 1. The molecule has 0 atom stereocenters. The summed E-state index contributed by atoms with van der Waals surface area (Å²) in [6, 6.07) is 12.1. The van der Waals surface area contributed by atoms with Gasteiger partial charge in [-0.3, -0.25) is 4.79 Å². The number of benzene rings is 2. The van der Waals surface area contributed by atoms with Crippen LogP contribution in [0, 0.1) is 13.8 Å². The summed E-state index contributed by atoms with van der Waals surface area (Å²) in [5, 5.41) is 5.23. The second-order valence-electron chi connectivity index (χ2n) is 5.16. The number of aryl methyl sites for hydroxylation is 1. The number of amides is 1. The molecule has 5 nitrogen and oxygen atoms in total. The van der Waals surface area contributed by atoms with Crippen molar-refractivity contribution >= 4 is 21.6 Å². The molecule has 22 heavy (non-hydrogen) atoms. The van der Waals surface area contributed by atoms with Crippen LogP contribution in [0.2, 0.25) is 0 Å². The number of hydrogen-bond acceptors (Lipinski definition) is 3. The molecule has 6 heteroatoms. The summed E-state index contributed by atoms with van der Waals surface area (Å²) in [5.41, 5.74) is 2.28. The van der Waals surface area contributed by atoms with Gasteiger partial charge in [-0.05, 0) is 49.2 Å². The number of primary sulfonamides is 1. The van der Waals surface area contributed by atoms with Gasteiger partial charge >= 0.3 is 0 Å². The average molecular weight is 318 g/mol. The monoisotopic (exact) mass is 318 g/mol. The molecule has 1 amide bonds. The number of para-hydroxylation sites is 1. The van der Waals surface area contributed by atoms with Crippen molar-refractivity contribution < 1.29 is 13.2 Å². The summed E-state index contributed by atoms with van der Waals surface area (Å²) in [4.78, 5) is 14.0. The third-order valence-corrected chi connectivity index (χ3v) is 4.66. The molecule has 0 saturated heterocycles. The molecule has 2 aromatic carbocycles. The van der Waals surface area contributed by atoms with E-state index in [9.17, 15) is 13.2 Å². The van der Waals surface area contributed by atoms with E-state index in [1.807, 2.05) is 18.2 Å². The van der Waals surface area contributed by atoms with E-state index in [4.69, 9.17) is 5.14 Å². The number of nitrogens with zero attached hydrogens (tertiary/aromatic N) is 1. The lowest BCUT2D eigenvalue weighted by atomic mass is 10.1. The molecule has 0 fully saturated rings. The predicted molar refractivity (Wildman–Crippen MR) is 86.5 cm³/mol. The first kappa shape index (κ1) is 16.2. The quantitative estimate of drug-likeness (QED) is 0.942. The van der Waals surface area contributed by atoms with Crippen molar-refractivity contribution in [3.63, 3.8) is 0 Å². The molecular weight excluding hydrogens is 300 g/mol. The van der Waals surface area contributed by atoms with E-state index in [0.29, 0.717) is 16.7 Å². The summed E-state index contributed by atoms with van der Waals surface area (Å²) in [6.45, 7) is 3.42. The molecule has 2 N–H and O–H groups in total. The van der Waals surface area contributed by atoms with Gasteiger partial charge in [-0.2, -0.15) is 0 Å². The van der Waals surface area contributed by atoms with Crippen molar-refractivity contribution in [3.05, 3.63) is 59.2 Å². The predicted octanol–water partition coefficient (Wildman–Crippen LogP) is 2.23. The number of sulfonamides is 1. The maximum absolute atomic E-state index is 12.6. The van der Waals surface area contributed by atoms with Gasteiger partial charge in [-0.1, -0.05) is 18.2 Å². The van der Waals surface area contributed by atoms with Gasteiger partial charge in [0.1, 0.15) is 0 Å². The van der Waals surface area contributed by atoms with Crippen LogP contribution < -0.4 is 10.0 Å². The molecular formula is C16H18N2O3S. The van der Waals surface area contributed by atoms with Crippen molar-refractivity contribution in [1.29, 1.82) is 0 Å². The molecule has 0 aliphatic carbocycles. The SMILES string of the molecule is Cc1cc(C(=O)N(C)c2ccccc2)cc(S(N)(=O)=O)c1C. The summed E-state index contributed by atoms with van der Waals surface area (Å²) in [5.74, 6) is -0.292. The van der Waals surface area contributed by atoms with Crippen LogP contribution in [-0.4, -0.2) is 21.4 Å². The standard InChI is InChI=1S/C16H18N2O3S/c1-11-9-13(10-15(12(11)2)22(17,20)21)16(19)18(3)14-7-5-4-6-8-14/h4-10H,1-3H3,(H2,17,20,21). The zero-order valence-electron chi connectivity index (χ0n) is 12.7. The van der Waals surface area contributed by atoms with Gasteiger partial charge in [0.2, 0.25) is 10.0 Å². The summed E-state index contributed by atoms with van der Waals surface area (Å²) >= 11 is 0. The smallest absolute Gasteiger partial charge is 0.258 e. The zero-order chi connectivity index (χ0) is 16.5. The fourth-order valence-corrected chi connectivity index (χ4v) is 3.09. The minimum absolute atomic E-state index is 0.0164. The zero-order valence-corrected chi connectivity index (χ0v) is 13.5. The molecule has 116 valence electrons. The van der Waals surface area contributed by atoms with Gasteiger partial charge < -0.3 is 4.90 Å². The maximum Gasteiger partial charge on any atom is 0.258 e. The first-order chi connectivity index (χ1) is 10.2. The third-order valence-electron chi connectivity index (χ3n) is 3.62. The Bertz CT molecular complexity index is 815. The van der Waals surface area contributed by atoms with Crippen molar-refractivity contribution in [2.75, 3.05) is 11.9 Å². The van der Waals surface area contributed by atoms with Gasteiger partial charge in [-0.25, -0.2) is 13.6 Å². The van der Waals surface area contributed by atoms with E-state index in [0.717, 1.165) is 5.69 Å². The largest absolute Gasteiger partial charge is 0.311 e. The van der Waals surface area contributed by atoms with Crippen molar-refractivity contribution in [3.8, 4) is 0 Å². The second kappa shape index (κ2) is 5.90. The van der Waals surface area contributed by atoms with Gasteiger partial charge in [0.05, 0.1) is 4.90 Å².